The third-order valence-electron chi connectivity index (χ3n) is 4.26. The maximum absolute atomic E-state index is 12.4. The molecule has 2 aliphatic rings. The summed E-state index contributed by atoms with van der Waals surface area (Å²) in [6.45, 7) is 4.79. The van der Waals surface area contributed by atoms with Crippen molar-refractivity contribution in [3.05, 3.63) is 32.9 Å². The van der Waals surface area contributed by atoms with E-state index >= 15 is 0 Å². The Morgan fingerprint density at radius 2 is 2.20 bits per heavy atom. The molecule has 2 heterocycles. The van der Waals surface area contributed by atoms with Crippen molar-refractivity contribution in [3.63, 3.8) is 0 Å². The molecular weight excluding hydrogens is 260 g/mol. The molecule has 1 aromatic carbocycles. The van der Waals surface area contributed by atoms with Crippen LogP contribution in [0.5, 0.6) is 5.75 Å². The van der Waals surface area contributed by atoms with Crippen molar-refractivity contribution in [3.8, 4) is 5.75 Å². The molecule has 2 aliphatic heterocycles. The SMILES string of the molecule is Cc1cc2c(c([N+](=O)[O-])c1C)OC1(CCNC1)CC2=O. The van der Waals surface area contributed by atoms with Crippen LogP contribution in [0.15, 0.2) is 6.07 Å². The molecule has 0 aromatic heterocycles. The fourth-order valence-corrected chi connectivity index (χ4v) is 3.00. The lowest BCUT2D eigenvalue weighted by Gasteiger charge is -2.34. The number of carbonyl (C=O) groups excluding carboxylic acids is 1. The molecule has 0 bridgehead atoms. The number of rotatable bonds is 1. The van der Waals surface area contributed by atoms with E-state index in [1.807, 2.05) is 0 Å². The van der Waals surface area contributed by atoms with Crippen LogP contribution in [-0.2, 0) is 0 Å². The first-order valence-corrected chi connectivity index (χ1v) is 6.65. The van der Waals surface area contributed by atoms with E-state index in [4.69, 9.17) is 4.74 Å². The Morgan fingerprint density at radius 3 is 2.80 bits per heavy atom. The zero-order valence-corrected chi connectivity index (χ0v) is 11.5. The zero-order chi connectivity index (χ0) is 14.5. The number of hydrogen-bond acceptors (Lipinski definition) is 5. The maximum Gasteiger partial charge on any atom is 0.314 e. The Kier molecular flexibility index (Phi) is 2.79. The first-order chi connectivity index (χ1) is 9.43. The van der Waals surface area contributed by atoms with E-state index in [9.17, 15) is 14.9 Å². The van der Waals surface area contributed by atoms with Crippen LogP contribution < -0.4 is 10.1 Å². The van der Waals surface area contributed by atoms with Gasteiger partial charge in [-0.05, 0) is 32.0 Å². The predicted octanol–water partition coefficient (Wildman–Crippen LogP) is 1.91. The van der Waals surface area contributed by atoms with Crippen LogP contribution in [0.3, 0.4) is 0 Å². The second-order valence-corrected chi connectivity index (χ2v) is 5.61. The minimum atomic E-state index is -0.615. The second-order valence-electron chi connectivity index (χ2n) is 5.61. The largest absolute Gasteiger partial charge is 0.478 e. The molecule has 0 amide bonds. The van der Waals surface area contributed by atoms with Gasteiger partial charge in [0.05, 0.1) is 16.9 Å². The molecule has 1 spiro atoms. The van der Waals surface area contributed by atoms with Crippen molar-refractivity contribution < 1.29 is 14.5 Å². The quantitative estimate of drug-likeness (QED) is 0.626. The number of fused-ring (bicyclic) bond motifs is 1. The molecule has 3 rings (SSSR count). The van der Waals surface area contributed by atoms with Gasteiger partial charge < -0.3 is 10.1 Å². The van der Waals surface area contributed by atoms with Crippen molar-refractivity contribution >= 4 is 11.5 Å². The van der Waals surface area contributed by atoms with Gasteiger partial charge in [-0.15, -0.1) is 0 Å². The smallest absolute Gasteiger partial charge is 0.314 e. The third-order valence-corrected chi connectivity index (χ3v) is 4.26. The lowest BCUT2D eigenvalue weighted by atomic mass is 9.87. The summed E-state index contributed by atoms with van der Waals surface area (Å²) in [6.07, 6.45) is 0.981. The fraction of sp³-hybridized carbons (Fsp3) is 0.500. The molecule has 106 valence electrons. The molecule has 1 N–H and O–H groups in total. The van der Waals surface area contributed by atoms with E-state index < -0.39 is 10.5 Å². The highest BCUT2D eigenvalue weighted by Crippen LogP contribution is 2.44. The van der Waals surface area contributed by atoms with Crippen LogP contribution in [0.1, 0.15) is 34.3 Å². The molecule has 6 heteroatoms. The van der Waals surface area contributed by atoms with Crippen molar-refractivity contribution in [1.29, 1.82) is 0 Å². The Bertz CT molecular complexity index is 618. The van der Waals surface area contributed by atoms with Crippen molar-refractivity contribution in [2.24, 2.45) is 0 Å². The Morgan fingerprint density at radius 1 is 1.45 bits per heavy atom. The molecule has 0 saturated carbocycles. The Hall–Kier alpha value is -1.95. The Balaban J connectivity index is 2.20. The van der Waals surface area contributed by atoms with Crippen LogP contribution in [0, 0.1) is 24.0 Å². The fourth-order valence-electron chi connectivity index (χ4n) is 3.00. The Labute approximate surface area is 116 Å². The molecule has 0 aliphatic carbocycles. The number of nitrogens with zero attached hydrogens (tertiary/aromatic N) is 1. The van der Waals surface area contributed by atoms with Gasteiger partial charge in [0.25, 0.3) is 0 Å². The summed E-state index contributed by atoms with van der Waals surface area (Å²) in [4.78, 5) is 23.3. The summed E-state index contributed by atoms with van der Waals surface area (Å²) in [6, 6.07) is 1.70. The van der Waals surface area contributed by atoms with Gasteiger partial charge in [-0.3, -0.25) is 14.9 Å². The summed E-state index contributed by atoms with van der Waals surface area (Å²) in [7, 11) is 0. The maximum atomic E-state index is 12.4. The standard InChI is InChI=1S/C14H16N2O4/c1-8-5-10-11(17)6-14(3-4-15-7-14)20-13(10)12(9(8)2)16(18)19/h5,15H,3-4,6-7H2,1-2H3. The summed E-state index contributed by atoms with van der Waals surface area (Å²) in [5.41, 5.74) is 0.963. The van der Waals surface area contributed by atoms with Crippen molar-refractivity contribution in [2.75, 3.05) is 13.1 Å². The van der Waals surface area contributed by atoms with Gasteiger partial charge in [0.15, 0.2) is 5.78 Å². The molecule has 1 atom stereocenters. The highest BCUT2D eigenvalue weighted by molar-refractivity contribution is 6.02. The number of nitro benzene ring substituents is 1. The number of ether oxygens (including phenoxy) is 1. The highest BCUT2D eigenvalue weighted by atomic mass is 16.6. The van der Waals surface area contributed by atoms with E-state index in [-0.39, 0.29) is 23.6 Å². The lowest BCUT2D eigenvalue weighted by Crippen LogP contribution is -2.44. The van der Waals surface area contributed by atoms with E-state index in [0.29, 0.717) is 24.1 Å². The van der Waals surface area contributed by atoms with Crippen molar-refractivity contribution in [2.45, 2.75) is 32.3 Å². The molecule has 1 unspecified atom stereocenters. The zero-order valence-electron chi connectivity index (χ0n) is 11.5. The third kappa shape index (κ3) is 1.79. The summed E-state index contributed by atoms with van der Waals surface area (Å²) >= 11 is 0. The minimum Gasteiger partial charge on any atom is -0.478 e. The summed E-state index contributed by atoms with van der Waals surface area (Å²) in [5.74, 6) is 0.0826. The first-order valence-electron chi connectivity index (χ1n) is 6.65. The van der Waals surface area contributed by atoms with Crippen LogP contribution in [0.25, 0.3) is 0 Å². The van der Waals surface area contributed by atoms with Gasteiger partial charge in [-0.25, -0.2) is 0 Å². The first kappa shape index (κ1) is 13.1. The van der Waals surface area contributed by atoms with Gasteiger partial charge >= 0.3 is 5.69 Å². The van der Waals surface area contributed by atoms with Crippen molar-refractivity contribution in [1.82, 2.24) is 5.32 Å². The molecule has 1 aromatic rings. The number of benzene rings is 1. The van der Waals surface area contributed by atoms with Gasteiger partial charge in [0, 0.05) is 18.5 Å². The number of nitrogens with one attached hydrogen (secondary N) is 1. The highest BCUT2D eigenvalue weighted by Gasteiger charge is 2.45. The second kappa shape index (κ2) is 4.28. The van der Waals surface area contributed by atoms with Crippen LogP contribution in [0.4, 0.5) is 5.69 Å². The van der Waals surface area contributed by atoms with Crippen LogP contribution >= 0.6 is 0 Å². The van der Waals surface area contributed by atoms with Gasteiger partial charge in [-0.1, -0.05) is 0 Å². The predicted molar refractivity (Wildman–Crippen MR) is 72.4 cm³/mol. The van der Waals surface area contributed by atoms with E-state index in [0.717, 1.165) is 12.1 Å². The van der Waals surface area contributed by atoms with E-state index in [1.165, 1.54) is 0 Å². The minimum absolute atomic E-state index is 0.0684. The molecule has 6 nitrogen and oxygen atoms in total. The topological polar surface area (TPSA) is 81.5 Å². The molecular formula is C14H16N2O4. The van der Waals surface area contributed by atoms with Crippen LogP contribution in [-0.4, -0.2) is 29.4 Å². The van der Waals surface area contributed by atoms with Gasteiger partial charge in [0.2, 0.25) is 5.75 Å². The molecule has 1 fully saturated rings. The van der Waals surface area contributed by atoms with E-state index in [2.05, 4.69) is 5.32 Å². The molecule has 0 radical (unpaired) electrons. The van der Waals surface area contributed by atoms with Gasteiger partial charge in [0.1, 0.15) is 5.60 Å². The van der Waals surface area contributed by atoms with Gasteiger partial charge in [-0.2, -0.15) is 0 Å². The lowest BCUT2D eigenvalue weighted by molar-refractivity contribution is -0.386. The number of nitro groups is 1. The number of aryl methyl sites for hydroxylation is 1. The normalized spacial score (nSPS) is 24.6. The summed E-state index contributed by atoms with van der Waals surface area (Å²) < 4.78 is 5.95. The number of carbonyl (C=O) groups is 1. The van der Waals surface area contributed by atoms with E-state index in [1.54, 1.807) is 19.9 Å². The number of Topliss-reactive ketones (excluding diaryl/α,β-unsaturated/α-hetero) is 1. The molecule has 1 saturated heterocycles. The summed E-state index contributed by atoms with van der Waals surface area (Å²) in [5, 5.41) is 14.5. The monoisotopic (exact) mass is 276 g/mol. The average Bonchev–Trinajstić information content (AvgIpc) is 2.80. The number of hydrogen-bond donors (Lipinski definition) is 1. The number of ketones is 1. The average molecular weight is 276 g/mol. The van der Waals surface area contributed by atoms with Crippen LogP contribution in [0.2, 0.25) is 0 Å². The molecule has 20 heavy (non-hydrogen) atoms.